The van der Waals surface area contributed by atoms with Gasteiger partial charge in [-0.3, -0.25) is 0 Å². The average molecular weight is 259 g/mol. The molecule has 0 spiro atoms. The van der Waals surface area contributed by atoms with Crippen molar-refractivity contribution in [1.82, 2.24) is 0 Å². The fraction of sp³-hybridized carbons (Fsp3) is 0.455. The summed E-state index contributed by atoms with van der Waals surface area (Å²) in [4.78, 5) is 0. The van der Waals surface area contributed by atoms with Crippen molar-refractivity contribution in [1.29, 1.82) is 0 Å². The van der Waals surface area contributed by atoms with Crippen molar-refractivity contribution in [3.63, 3.8) is 0 Å². The van der Waals surface area contributed by atoms with Crippen molar-refractivity contribution in [3.05, 3.63) is 28.2 Å². The Bertz CT molecular complexity index is 287. The lowest BCUT2D eigenvalue weighted by Crippen LogP contribution is -2.06. The van der Waals surface area contributed by atoms with E-state index in [1.807, 2.05) is 25.1 Å². The van der Waals surface area contributed by atoms with Crippen LogP contribution in [0.4, 0.5) is 0 Å². The van der Waals surface area contributed by atoms with E-state index in [1.165, 1.54) is 5.56 Å². The molecule has 0 fully saturated rings. The lowest BCUT2D eigenvalue weighted by Gasteiger charge is -2.08. The van der Waals surface area contributed by atoms with Crippen LogP contribution in [0, 0.1) is 6.92 Å². The van der Waals surface area contributed by atoms with Crippen molar-refractivity contribution >= 4 is 15.9 Å². The van der Waals surface area contributed by atoms with Crippen molar-refractivity contribution in [2.24, 2.45) is 0 Å². The van der Waals surface area contributed by atoms with Crippen LogP contribution in [0.1, 0.15) is 12.5 Å². The van der Waals surface area contributed by atoms with Crippen LogP contribution in [0.25, 0.3) is 0 Å². The molecule has 2 nitrogen and oxygen atoms in total. The third-order valence-electron chi connectivity index (χ3n) is 1.78. The lowest BCUT2D eigenvalue weighted by molar-refractivity contribution is 0.110. The number of hydrogen-bond donors (Lipinski definition) is 0. The minimum absolute atomic E-state index is 0.593. The van der Waals surface area contributed by atoms with Gasteiger partial charge in [-0.2, -0.15) is 0 Å². The Labute approximate surface area is 93.4 Å². The minimum Gasteiger partial charge on any atom is -0.490 e. The van der Waals surface area contributed by atoms with Crippen LogP contribution in [-0.4, -0.2) is 19.8 Å². The third-order valence-corrected chi connectivity index (χ3v) is 2.40. The van der Waals surface area contributed by atoms with Gasteiger partial charge in [0.25, 0.3) is 0 Å². The quantitative estimate of drug-likeness (QED) is 0.756. The zero-order valence-corrected chi connectivity index (χ0v) is 10.1. The molecule has 1 rings (SSSR count). The Kier molecular flexibility index (Phi) is 4.98. The molecule has 0 radical (unpaired) electrons. The first-order valence-corrected chi connectivity index (χ1v) is 5.50. The van der Waals surface area contributed by atoms with Crippen LogP contribution in [0.3, 0.4) is 0 Å². The molecule has 0 aliphatic rings. The number of ether oxygens (including phenoxy) is 2. The molecule has 0 aliphatic carbocycles. The van der Waals surface area contributed by atoms with Crippen LogP contribution in [0.5, 0.6) is 5.75 Å². The predicted molar refractivity (Wildman–Crippen MR) is 60.9 cm³/mol. The first kappa shape index (κ1) is 11.5. The number of aryl methyl sites for hydroxylation is 1. The normalized spacial score (nSPS) is 10.2. The second-order valence-corrected chi connectivity index (χ2v) is 3.83. The molecule has 0 atom stereocenters. The molecule has 1 aromatic rings. The van der Waals surface area contributed by atoms with Crippen LogP contribution in [0.2, 0.25) is 0 Å². The van der Waals surface area contributed by atoms with Crippen molar-refractivity contribution in [3.8, 4) is 5.75 Å². The molecule has 0 saturated heterocycles. The number of hydrogen-bond acceptors (Lipinski definition) is 2. The summed E-state index contributed by atoms with van der Waals surface area (Å²) >= 11 is 3.45. The maximum atomic E-state index is 5.52. The molecule has 0 amide bonds. The highest BCUT2D eigenvalue weighted by Crippen LogP contribution is 2.25. The van der Waals surface area contributed by atoms with Crippen molar-refractivity contribution in [2.75, 3.05) is 19.8 Å². The van der Waals surface area contributed by atoms with Gasteiger partial charge < -0.3 is 9.47 Å². The molecule has 0 aliphatic heterocycles. The van der Waals surface area contributed by atoms with Gasteiger partial charge in [-0.25, -0.2) is 0 Å². The van der Waals surface area contributed by atoms with Crippen molar-refractivity contribution < 1.29 is 9.47 Å². The summed E-state index contributed by atoms with van der Waals surface area (Å²) in [5, 5.41) is 0. The second kappa shape index (κ2) is 6.04. The second-order valence-electron chi connectivity index (χ2n) is 2.98. The molecule has 14 heavy (non-hydrogen) atoms. The first-order valence-electron chi connectivity index (χ1n) is 4.70. The van der Waals surface area contributed by atoms with E-state index in [2.05, 4.69) is 22.9 Å². The zero-order chi connectivity index (χ0) is 10.4. The number of halogens is 1. The average Bonchev–Trinajstić information content (AvgIpc) is 2.15. The van der Waals surface area contributed by atoms with Gasteiger partial charge in [-0.1, -0.05) is 6.07 Å². The Morgan fingerprint density at radius 3 is 2.71 bits per heavy atom. The predicted octanol–water partition coefficient (Wildman–Crippen LogP) is 3.17. The highest BCUT2D eigenvalue weighted by atomic mass is 79.9. The van der Waals surface area contributed by atoms with E-state index >= 15 is 0 Å². The van der Waals surface area contributed by atoms with E-state index in [0.29, 0.717) is 13.2 Å². The summed E-state index contributed by atoms with van der Waals surface area (Å²) < 4.78 is 11.7. The summed E-state index contributed by atoms with van der Waals surface area (Å²) in [6.07, 6.45) is 0. The van der Waals surface area contributed by atoms with Crippen LogP contribution >= 0.6 is 15.9 Å². The molecule has 0 aromatic heterocycles. The molecular weight excluding hydrogens is 244 g/mol. The van der Waals surface area contributed by atoms with Crippen molar-refractivity contribution in [2.45, 2.75) is 13.8 Å². The Balaban J connectivity index is 2.42. The fourth-order valence-corrected chi connectivity index (χ4v) is 1.69. The highest BCUT2D eigenvalue weighted by Gasteiger charge is 2.00. The summed E-state index contributed by atoms with van der Waals surface area (Å²) in [6, 6.07) is 6.03. The smallest absolute Gasteiger partial charge is 0.133 e. The Morgan fingerprint density at radius 1 is 1.29 bits per heavy atom. The monoisotopic (exact) mass is 258 g/mol. The van der Waals surface area contributed by atoms with Crippen LogP contribution in [-0.2, 0) is 4.74 Å². The molecule has 0 unspecified atom stereocenters. The van der Waals surface area contributed by atoms with Gasteiger partial charge in [0.05, 0.1) is 11.1 Å². The standard InChI is InChI=1S/C11H15BrO2/c1-3-13-6-7-14-11-5-4-9(2)8-10(11)12/h4-5,8H,3,6-7H2,1-2H3. The molecule has 1 aromatic carbocycles. The van der Waals surface area contributed by atoms with Gasteiger partial charge in [-0.15, -0.1) is 0 Å². The molecule has 78 valence electrons. The van der Waals surface area contributed by atoms with E-state index < -0.39 is 0 Å². The van der Waals surface area contributed by atoms with Gasteiger partial charge in [0.15, 0.2) is 0 Å². The summed E-state index contributed by atoms with van der Waals surface area (Å²) in [5.41, 5.74) is 1.22. The molecule has 0 heterocycles. The van der Waals surface area contributed by atoms with Gasteiger partial charge >= 0.3 is 0 Å². The Morgan fingerprint density at radius 2 is 2.07 bits per heavy atom. The van der Waals surface area contributed by atoms with Crippen LogP contribution < -0.4 is 4.74 Å². The molecule has 3 heteroatoms. The SMILES string of the molecule is CCOCCOc1ccc(C)cc1Br. The fourth-order valence-electron chi connectivity index (χ4n) is 1.08. The van der Waals surface area contributed by atoms with E-state index in [1.54, 1.807) is 0 Å². The molecule has 0 bridgehead atoms. The Hall–Kier alpha value is -0.540. The molecule has 0 N–H and O–H groups in total. The van der Waals surface area contributed by atoms with E-state index in [4.69, 9.17) is 9.47 Å². The zero-order valence-electron chi connectivity index (χ0n) is 8.55. The van der Waals surface area contributed by atoms with Gasteiger partial charge in [0.2, 0.25) is 0 Å². The number of rotatable bonds is 5. The maximum Gasteiger partial charge on any atom is 0.133 e. The first-order chi connectivity index (χ1) is 6.74. The van der Waals surface area contributed by atoms with Crippen LogP contribution in [0.15, 0.2) is 22.7 Å². The van der Waals surface area contributed by atoms with E-state index in [0.717, 1.165) is 16.8 Å². The number of benzene rings is 1. The highest BCUT2D eigenvalue weighted by molar-refractivity contribution is 9.10. The van der Waals surface area contributed by atoms with E-state index in [9.17, 15) is 0 Å². The summed E-state index contributed by atoms with van der Waals surface area (Å²) in [6.45, 7) is 5.99. The van der Waals surface area contributed by atoms with Gasteiger partial charge in [-0.05, 0) is 47.5 Å². The third kappa shape index (κ3) is 3.68. The molecular formula is C11H15BrO2. The summed E-state index contributed by atoms with van der Waals surface area (Å²) in [7, 11) is 0. The molecule has 0 saturated carbocycles. The lowest BCUT2D eigenvalue weighted by atomic mass is 10.2. The summed E-state index contributed by atoms with van der Waals surface area (Å²) in [5.74, 6) is 0.871. The largest absolute Gasteiger partial charge is 0.490 e. The van der Waals surface area contributed by atoms with Gasteiger partial charge in [0.1, 0.15) is 12.4 Å². The maximum absolute atomic E-state index is 5.52. The minimum atomic E-state index is 0.593. The topological polar surface area (TPSA) is 18.5 Å². The van der Waals surface area contributed by atoms with Gasteiger partial charge in [0, 0.05) is 6.61 Å². The van der Waals surface area contributed by atoms with E-state index in [-0.39, 0.29) is 0 Å².